The van der Waals surface area contributed by atoms with Crippen molar-refractivity contribution in [1.82, 2.24) is 14.7 Å². The summed E-state index contributed by atoms with van der Waals surface area (Å²) in [6.45, 7) is 8.50. The van der Waals surface area contributed by atoms with Crippen LogP contribution in [0, 0.1) is 11.3 Å². The molecule has 0 amide bonds. The molecule has 7 heteroatoms. The molecule has 0 bridgehead atoms. The lowest BCUT2D eigenvalue weighted by Crippen LogP contribution is -2.34. The second-order valence-corrected chi connectivity index (χ2v) is 4.96. The number of nitriles is 1. The molecule has 1 fully saturated rings. The molecule has 0 atom stereocenters. The van der Waals surface area contributed by atoms with Gasteiger partial charge in [0.15, 0.2) is 0 Å². The monoisotopic (exact) mass is 287 g/mol. The Morgan fingerprint density at radius 3 is 2.95 bits per heavy atom. The summed E-state index contributed by atoms with van der Waals surface area (Å²) in [7, 11) is 0. The molecule has 2 heterocycles. The van der Waals surface area contributed by atoms with Crippen molar-refractivity contribution < 1.29 is 0 Å². The van der Waals surface area contributed by atoms with Gasteiger partial charge < -0.3 is 5.32 Å². The van der Waals surface area contributed by atoms with Crippen LogP contribution in [-0.4, -0.2) is 53.5 Å². The van der Waals surface area contributed by atoms with Gasteiger partial charge in [0, 0.05) is 25.8 Å². The van der Waals surface area contributed by atoms with Crippen LogP contribution in [-0.2, 0) is 0 Å². The zero-order valence-electron chi connectivity index (χ0n) is 12.4. The largest absolute Gasteiger partial charge is 0.322 e. The molecular formula is C14H21N7. The van der Waals surface area contributed by atoms with Gasteiger partial charge in [0.1, 0.15) is 0 Å². The Bertz CT molecular complexity index is 532. The molecule has 2 rings (SSSR count). The van der Waals surface area contributed by atoms with E-state index in [1.807, 2.05) is 17.8 Å². The molecule has 1 aromatic heterocycles. The van der Waals surface area contributed by atoms with E-state index in [0.29, 0.717) is 25.1 Å². The SMILES string of the molecule is C=NC(=NCC)Nc1cnn(C2CCN(CC#N)CC2)c1. The lowest BCUT2D eigenvalue weighted by molar-refractivity contribution is 0.197. The van der Waals surface area contributed by atoms with Crippen LogP contribution in [0.4, 0.5) is 5.69 Å². The van der Waals surface area contributed by atoms with Gasteiger partial charge in [0.2, 0.25) is 5.96 Å². The number of piperidine rings is 1. The molecule has 0 radical (unpaired) electrons. The molecule has 0 spiro atoms. The summed E-state index contributed by atoms with van der Waals surface area (Å²) < 4.78 is 1.98. The van der Waals surface area contributed by atoms with Crippen molar-refractivity contribution in [1.29, 1.82) is 5.26 Å². The number of guanidine groups is 1. The first-order chi connectivity index (χ1) is 10.3. The average Bonchev–Trinajstić information content (AvgIpc) is 2.96. The van der Waals surface area contributed by atoms with Crippen LogP contribution in [0.25, 0.3) is 0 Å². The van der Waals surface area contributed by atoms with Crippen LogP contribution in [0.2, 0.25) is 0 Å². The van der Waals surface area contributed by atoms with Crippen molar-refractivity contribution in [2.45, 2.75) is 25.8 Å². The Kier molecular flexibility index (Phi) is 5.46. The molecule has 1 aliphatic heterocycles. The molecular weight excluding hydrogens is 266 g/mol. The average molecular weight is 287 g/mol. The van der Waals surface area contributed by atoms with E-state index in [-0.39, 0.29) is 0 Å². The summed E-state index contributed by atoms with van der Waals surface area (Å²) in [4.78, 5) is 10.2. The van der Waals surface area contributed by atoms with Crippen molar-refractivity contribution in [3.8, 4) is 6.07 Å². The standard InChI is InChI=1S/C14H21N7/c1-3-17-14(16-2)19-12-10-18-21(11-12)13-4-7-20(8-5-13)9-6-15/h10-11,13H,2-5,7-9H2,1H3,(H,17,19). The van der Waals surface area contributed by atoms with Gasteiger partial charge in [0.05, 0.1) is 30.5 Å². The second kappa shape index (κ2) is 7.55. The third-order valence-corrected chi connectivity index (χ3v) is 3.54. The van der Waals surface area contributed by atoms with Crippen LogP contribution in [0.1, 0.15) is 25.8 Å². The number of likely N-dealkylation sites (tertiary alicyclic amines) is 1. The molecule has 1 aromatic rings. The van der Waals surface area contributed by atoms with Crippen LogP contribution in [0.3, 0.4) is 0 Å². The Labute approximate surface area is 125 Å². The number of aromatic nitrogens is 2. The number of aliphatic imine (C=N–C) groups is 2. The highest BCUT2D eigenvalue weighted by Crippen LogP contribution is 2.22. The molecule has 1 aliphatic rings. The van der Waals surface area contributed by atoms with Crippen molar-refractivity contribution in [2.24, 2.45) is 9.98 Å². The van der Waals surface area contributed by atoms with Gasteiger partial charge in [-0.25, -0.2) is 4.99 Å². The van der Waals surface area contributed by atoms with Crippen LogP contribution in [0.5, 0.6) is 0 Å². The van der Waals surface area contributed by atoms with E-state index < -0.39 is 0 Å². The zero-order valence-corrected chi connectivity index (χ0v) is 12.4. The van der Waals surface area contributed by atoms with E-state index in [4.69, 9.17) is 5.26 Å². The van der Waals surface area contributed by atoms with E-state index in [2.05, 4.69) is 38.1 Å². The van der Waals surface area contributed by atoms with Crippen LogP contribution in [0.15, 0.2) is 22.4 Å². The quantitative estimate of drug-likeness (QED) is 0.517. The van der Waals surface area contributed by atoms with Gasteiger partial charge in [-0.3, -0.25) is 14.6 Å². The third kappa shape index (κ3) is 4.13. The predicted octanol–water partition coefficient (Wildman–Crippen LogP) is 1.53. The zero-order chi connectivity index (χ0) is 15.1. The van der Waals surface area contributed by atoms with Crippen molar-refractivity contribution in [3.05, 3.63) is 12.4 Å². The highest BCUT2D eigenvalue weighted by atomic mass is 15.3. The van der Waals surface area contributed by atoms with Gasteiger partial charge in [0.25, 0.3) is 0 Å². The highest BCUT2D eigenvalue weighted by Gasteiger charge is 2.20. The first-order valence-electron chi connectivity index (χ1n) is 7.18. The first-order valence-corrected chi connectivity index (χ1v) is 7.18. The number of nitrogens with one attached hydrogen (secondary N) is 1. The van der Waals surface area contributed by atoms with Crippen molar-refractivity contribution in [2.75, 3.05) is 31.5 Å². The second-order valence-electron chi connectivity index (χ2n) is 4.96. The van der Waals surface area contributed by atoms with Crippen LogP contribution >= 0.6 is 0 Å². The van der Waals surface area contributed by atoms with E-state index in [1.165, 1.54) is 0 Å². The minimum Gasteiger partial charge on any atom is -0.322 e. The summed E-state index contributed by atoms with van der Waals surface area (Å²) in [5.74, 6) is 0.515. The third-order valence-electron chi connectivity index (χ3n) is 3.54. The van der Waals surface area contributed by atoms with Gasteiger partial charge in [-0.2, -0.15) is 10.4 Å². The first kappa shape index (κ1) is 15.2. The lowest BCUT2D eigenvalue weighted by Gasteiger charge is -2.30. The Morgan fingerprint density at radius 1 is 1.57 bits per heavy atom. The van der Waals surface area contributed by atoms with Crippen molar-refractivity contribution >= 4 is 18.4 Å². The fourth-order valence-electron chi connectivity index (χ4n) is 2.45. The van der Waals surface area contributed by atoms with E-state index in [9.17, 15) is 0 Å². The maximum Gasteiger partial charge on any atom is 0.221 e. The molecule has 21 heavy (non-hydrogen) atoms. The number of hydrogen-bond acceptors (Lipinski definition) is 4. The molecule has 0 unspecified atom stereocenters. The summed E-state index contributed by atoms with van der Waals surface area (Å²) in [6.07, 6.45) is 5.77. The normalized spacial score (nSPS) is 17.4. The Hall–Kier alpha value is -2.20. The Balaban J connectivity index is 1.93. The summed E-state index contributed by atoms with van der Waals surface area (Å²) in [5.41, 5.74) is 0.869. The molecule has 0 aromatic carbocycles. The summed E-state index contributed by atoms with van der Waals surface area (Å²) in [5, 5.41) is 16.2. The molecule has 0 saturated carbocycles. The van der Waals surface area contributed by atoms with E-state index >= 15 is 0 Å². The minimum absolute atomic E-state index is 0.388. The fourth-order valence-corrected chi connectivity index (χ4v) is 2.45. The van der Waals surface area contributed by atoms with Crippen LogP contribution < -0.4 is 5.32 Å². The lowest BCUT2D eigenvalue weighted by atomic mass is 10.1. The Morgan fingerprint density at radius 2 is 2.33 bits per heavy atom. The van der Waals surface area contributed by atoms with Crippen molar-refractivity contribution in [3.63, 3.8) is 0 Å². The van der Waals surface area contributed by atoms with E-state index in [0.717, 1.165) is 31.6 Å². The molecule has 1 N–H and O–H groups in total. The number of anilines is 1. The molecule has 1 saturated heterocycles. The fraction of sp³-hybridized carbons (Fsp3) is 0.571. The molecule has 112 valence electrons. The maximum atomic E-state index is 8.71. The van der Waals surface area contributed by atoms with Gasteiger partial charge >= 0.3 is 0 Å². The van der Waals surface area contributed by atoms with Gasteiger partial charge in [-0.1, -0.05) is 0 Å². The highest BCUT2D eigenvalue weighted by molar-refractivity contribution is 5.96. The van der Waals surface area contributed by atoms with E-state index in [1.54, 1.807) is 6.20 Å². The smallest absolute Gasteiger partial charge is 0.221 e. The topological polar surface area (TPSA) is 81.6 Å². The summed E-state index contributed by atoms with van der Waals surface area (Å²) >= 11 is 0. The van der Waals surface area contributed by atoms with Gasteiger partial charge in [-0.05, 0) is 26.5 Å². The molecule has 7 nitrogen and oxygen atoms in total. The van der Waals surface area contributed by atoms with Gasteiger partial charge in [-0.15, -0.1) is 0 Å². The maximum absolute atomic E-state index is 8.71. The molecule has 0 aliphatic carbocycles. The number of rotatable bonds is 4. The number of hydrogen-bond donors (Lipinski definition) is 1. The number of nitrogens with zero attached hydrogens (tertiary/aromatic N) is 6. The minimum atomic E-state index is 0.388. The predicted molar refractivity (Wildman–Crippen MR) is 83.7 cm³/mol. The summed E-state index contributed by atoms with van der Waals surface area (Å²) in [6, 6.07) is 2.59.